The lowest BCUT2D eigenvalue weighted by Crippen LogP contribution is -2.25. The fraction of sp³-hybridized carbons (Fsp3) is 0.378. The lowest BCUT2D eigenvalue weighted by Gasteiger charge is -2.19. The van der Waals surface area contributed by atoms with Gasteiger partial charge in [0.25, 0.3) is 11.1 Å². The molecule has 13 heteroatoms. The number of nitrogens with zero attached hydrogens (tertiary/aromatic N) is 4. The summed E-state index contributed by atoms with van der Waals surface area (Å²) >= 11 is 0. The number of hydrogen-bond donors (Lipinski definition) is 4. The topological polar surface area (TPSA) is 282 Å². The minimum Gasteiger partial charge on any atom is -0.412 e. The number of aliphatic hydroxyl groups is 1. The molecule has 0 unspecified atom stereocenters. The molecule has 0 saturated heterocycles. The first-order valence-electron chi connectivity index (χ1n) is 18.9. The van der Waals surface area contributed by atoms with E-state index in [-0.39, 0.29) is 80.4 Å². The molecular weight excluding hydrogens is 735 g/mol. The van der Waals surface area contributed by atoms with Crippen molar-refractivity contribution < 1.29 is 20.2 Å². The van der Waals surface area contributed by atoms with E-state index in [1.165, 1.54) is 36.4 Å². The number of aliphatic hydroxyl groups excluding tert-OH is 1. The summed E-state index contributed by atoms with van der Waals surface area (Å²) in [6.07, 6.45) is 6.39. The van der Waals surface area contributed by atoms with Crippen molar-refractivity contribution >= 4 is 11.6 Å². The van der Waals surface area contributed by atoms with Gasteiger partial charge in [0.05, 0.1) is 53.1 Å². The number of carbonyl (C=O) groups is 2. The van der Waals surface area contributed by atoms with Crippen molar-refractivity contribution in [2.75, 3.05) is 0 Å². The zero-order valence-electron chi connectivity index (χ0n) is 33.5. The fourth-order valence-corrected chi connectivity index (χ4v) is 7.21. The summed E-state index contributed by atoms with van der Waals surface area (Å²) in [5.41, 5.74) is 5.18. The number of rotatable bonds is 12. The van der Waals surface area contributed by atoms with Gasteiger partial charge in [0.2, 0.25) is 0 Å². The van der Waals surface area contributed by atoms with Crippen molar-refractivity contribution in [3.63, 3.8) is 0 Å². The van der Waals surface area contributed by atoms with E-state index in [0.717, 1.165) is 43.4 Å². The number of aryl methyl sites for hydroxylation is 1. The second kappa shape index (κ2) is 19.6. The van der Waals surface area contributed by atoms with Crippen molar-refractivity contribution in [3.05, 3.63) is 135 Å². The largest absolute Gasteiger partial charge is 0.412 e. The van der Waals surface area contributed by atoms with Gasteiger partial charge in [-0.05, 0) is 116 Å². The van der Waals surface area contributed by atoms with Gasteiger partial charge in [-0.15, -0.1) is 0 Å². The standard InChI is InChI=1S/C23H23N3O2.C22H21N3O3.H3N.H2O/c1-4-19-18(10-14-5-6-14)21(20(13(2)3)23(28)26-19)22(27)17-8-15(11-24)7-16(9-17)12-25;1-12(2)19-20(17(8-13-3-4-13)18(11-26)25-22(19)28)21(27)16-6-14(9-23)5-15(7-16)10-24;;/h7-9,13-14H,4-6,10H2,1-3H3,(H,26,28);5-7,12-13,26H,3-4,8,11H2,1-2H3,(H,25,28);1H3;1H2. The van der Waals surface area contributed by atoms with Gasteiger partial charge in [0, 0.05) is 44.8 Å². The van der Waals surface area contributed by atoms with Crippen LogP contribution in [-0.4, -0.2) is 32.1 Å². The Balaban J connectivity index is 0.000000300. The molecule has 58 heavy (non-hydrogen) atoms. The van der Waals surface area contributed by atoms with Crippen LogP contribution in [0.4, 0.5) is 0 Å². The summed E-state index contributed by atoms with van der Waals surface area (Å²) in [6.45, 7) is 9.09. The molecule has 13 nitrogen and oxygen atoms in total. The molecule has 4 aromatic rings. The Morgan fingerprint density at radius 3 is 1.26 bits per heavy atom. The highest BCUT2D eigenvalue weighted by molar-refractivity contribution is 6.12. The molecule has 0 radical (unpaired) electrons. The number of pyridine rings is 2. The highest BCUT2D eigenvalue weighted by Crippen LogP contribution is 2.37. The minimum atomic E-state index is -0.395. The predicted molar refractivity (Wildman–Crippen MR) is 218 cm³/mol. The third-order valence-electron chi connectivity index (χ3n) is 10.3. The van der Waals surface area contributed by atoms with E-state index in [9.17, 15) is 45.3 Å². The Labute approximate surface area is 337 Å². The van der Waals surface area contributed by atoms with Gasteiger partial charge >= 0.3 is 0 Å². The van der Waals surface area contributed by atoms with Gasteiger partial charge in [0.1, 0.15) is 0 Å². The van der Waals surface area contributed by atoms with Crippen LogP contribution in [0.25, 0.3) is 0 Å². The number of hydrogen-bond acceptors (Lipinski definition) is 10. The molecule has 2 aromatic heterocycles. The van der Waals surface area contributed by atoms with Crippen LogP contribution in [0.3, 0.4) is 0 Å². The molecule has 2 aliphatic rings. The van der Waals surface area contributed by atoms with Crippen molar-refractivity contribution in [2.24, 2.45) is 11.8 Å². The molecule has 2 heterocycles. The van der Waals surface area contributed by atoms with Crippen molar-refractivity contribution in [1.82, 2.24) is 16.1 Å². The lowest BCUT2D eigenvalue weighted by molar-refractivity contribution is 0.102. The van der Waals surface area contributed by atoms with Gasteiger partial charge in [-0.25, -0.2) is 0 Å². The average molecular weight is 784 g/mol. The fourth-order valence-electron chi connectivity index (χ4n) is 7.21. The molecular formula is C45H49N7O6. The molecule has 2 aromatic carbocycles. The number of benzene rings is 2. The maximum atomic E-state index is 13.6. The quantitative estimate of drug-likeness (QED) is 0.117. The number of ketones is 2. The maximum Gasteiger partial charge on any atom is 0.252 e. The van der Waals surface area contributed by atoms with Crippen LogP contribution in [0, 0.1) is 57.2 Å². The minimum absolute atomic E-state index is 0. The summed E-state index contributed by atoms with van der Waals surface area (Å²) in [7, 11) is 0. The first-order valence-corrected chi connectivity index (χ1v) is 18.9. The molecule has 0 aliphatic heterocycles. The smallest absolute Gasteiger partial charge is 0.252 e. The van der Waals surface area contributed by atoms with Crippen LogP contribution in [0.15, 0.2) is 46.0 Å². The SMILES string of the molecule is CC(C)c1c(C(=O)c2cc(C#N)cc(C#N)c2)c(CC2CC2)c(CO)[nH]c1=O.CCc1[nH]c(=O)c(C(C)C)c(C(=O)c2cc(C#N)cc(C#N)c2)c1CC1CC1.N.O. The molecule has 6 rings (SSSR count). The van der Waals surface area contributed by atoms with Gasteiger partial charge < -0.3 is 26.7 Å². The number of carbonyl (C=O) groups excluding carboxylic acids is 2. The molecule has 0 bridgehead atoms. The number of aromatic nitrogens is 2. The number of nitrogens with one attached hydrogen (secondary N) is 2. The number of aromatic amines is 2. The molecule has 0 amide bonds. The van der Waals surface area contributed by atoms with E-state index >= 15 is 0 Å². The Morgan fingerprint density at radius 2 is 0.983 bits per heavy atom. The van der Waals surface area contributed by atoms with E-state index < -0.39 is 5.78 Å². The van der Waals surface area contributed by atoms with Crippen molar-refractivity contribution in [2.45, 2.75) is 98.0 Å². The van der Waals surface area contributed by atoms with Crippen LogP contribution < -0.4 is 17.3 Å². The summed E-state index contributed by atoms with van der Waals surface area (Å²) < 4.78 is 0. The lowest BCUT2D eigenvalue weighted by atomic mass is 9.86. The van der Waals surface area contributed by atoms with E-state index in [1.54, 1.807) is 0 Å². The Morgan fingerprint density at radius 1 is 0.655 bits per heavy atom. The zero-order valence-corrected chi connectivity index (χ0v) is 33.5. The molecule has 0 spiro atoms. The first-order chi connectivity index (χ1) is 26.8. The molecule has 8 N–H and O–H groups in total. The Hall–Kier alpha value is -6.48. The monoisotopic (exact) mass is 783 g/mol. The van der Waals surface area contributed by atoms with E-state index in [4.69, 9.17) is 0 Å². The second-order valence-electron chi connectivity index (χ2n) is 15.2. The van der Waals surface area contributed by atoms with E-state index in [2.05, 4.69) is 9.97 Å². The third-order valence-corrected chi connectivity index (χ3v) is 10.3. The maximum absolute atomic E-state index is 13.6. The van der Waals surface area contributed by atoms with E-state index in [1.807, 2.05) is 58.9 Å². The Bertz CT molecular complexity index is 2270. The van der Waals surface area contributed by atoms with Crippen molar-refractivity contribution in [1.29, 1.82) is 21.0 Å². The number of nitriles is 4. The summed E-state index contributed by atoms with van der Waals surface area (Å²) in [5, 5.41) is 46.8. The van der Waals surface area contributed by atoms with E-state index in [0.29, 0.717) is 58.2 Å². The van der Waals surface area contributed by atoms with Crippen LogP contribution in [0.2, 0.25) is 0 Å². The third kappa shape index (κ3) is 10.1. The molecule has 2 aliphatic carbocycles. The summed E-state index contributed by atoms with van der Waals surface area (Å²) in [4.78, 5) is 58.3. The molecule has 2 saturated carbocycles. The Kier molecular flexibility index (Phi) is 15.5. The highest BCUT2D eigenvalue weighted by atomic mass is 16.3. The predicted octanol–water partition coefficient (Wildman–Crippen LogP) is 6.24. The second-order valence-corrected chi connectivity index (χ2v) is 15.2. The van der Waals surface area contributed by atoms with Crippen molar-refractivity contribution in [3.8, 4) is 24.3 Å². The highest BCUT2D eigenvalue weighted by Gasteiger charge is 2.32. The summed E-state index contributed by atoms with van der Waals surface area (Å²) in [5.74, 6) is -0.0302. The molecule has 2 fully saturated rings. The average Bonchev–Trinajstić information content (AvgIpc) is 4.15. The molecule has 300 valence electrons. The number of H-pyrrole nitrogens is 2. The zero-order chi connectivity index (χ0) is 40.8. The van der Waals surface area contributed by atoms with Gasteiger partial charge in [-0.1, -0.05) is 34.6 Å². The van der Waals surface area contributed by atoms with Gasteiger partial charge in [0.15, 0.2) is 11.6 Å². The molecule has 0 atom stereocenters. The first kappa shape index (κ1) is 45.9. The van der Waals surface area contributed by atoms with Crippen LogP contribution in [-0.2, 0) is 25.9 Å². The van der Waals surface area contributed by atoms with Crippen LogP contribution >= 0.6 is 0 Å². The van der Waals surface area contributed by atoms with Crippen LogP contribution in [0.1, 0.15) is 160 Å². The summed E-state index contributed by atoms with van der Waals surface area (Å²) in [6, 6.07) is 16.7. The van der Waals surface area contributed by atoms with Crippen LogP contribution in [0.5, 0.6) is 0 Å². The van der Waals surface area contributed by atoms with Gasteiger partial charge in [-0.3, -0.25) is 19.2 Å². The van der Waals surface area contributed by atoms with Gasteiger partial charge in [-0.2, -0.15) is 21.0 Å². The normalized spacial score (nSPS) is 12.8.